The molecule has 1 spiro atoms. The van der Waals surface area contributed by atoms with Gasteiger partial charge in [-0.15, -0.1) is 0 Å². The van der Waals surface area contributed by atoms with E-state index < -0.39 is 5.89 Å². The zero-order valence-electron chi connectivity index (χ0n) is 53.8. The molecule has 0 amide bonds. The molecule has 9 aromatic rings. The summed E-state index contributed by atoms with van der Waals surface area (Å²) in [4.78, 5) is 0. The molecule has 3 heteroatoms. The Morgan fingerprint density at radius 1 is 0.353 bits per heavy atom. The molecule has 6 atom stereocenters. The average Bonchev–Trinajstić information content (AvgIpc) is 1.98. The standard InChI is InChI=1S/C30H36N.2C26H28N/c1-23-8-4-5-9-28(23)29-15-14-27(22-31(29)2)25-12-10-24(11-13-25)26-16-20-30(21-17-26)18-6-3-7-19-30;2*1-18-5-3-4-6-24(18)26-14-13-23(17-27(26)2)20-9-11-21(12-10-20)25-16-19-7-8-22(25)15-19/h4-5,8-15,22,26H,3,6-7,16-21H2,1-2H3;2*3-6,9-14,17,19,22,25H,7-8,15-16H2,1-2H3/q3*+1/i26D;25D;. The summed E-state index contributed by atoms with van der Waals surface area (Å²) in [7, 11) is 6.39. The maximum absolute atomic E-state index is 9.21. The van der Waals surface area contributed by atoms with Gasteiger partial charge in [-0.3, -0.25) is 0 Å². The monoisotopic (exact) mass is 1120 g/mol. The zero-order chi connectivity index (χ0) is 59.9. The minimum atomic E-state index is -0.402. The molecule has 0 N–H and O–H groups in total. The van der Waals surface area contributed by atoms with Crippen LogP contribution < -0.4 is 13.7 Å². The highest BCUT2D eigenvalue weighted by molar-refractivity contribution is 5.69. The van der Waals surface area contributed by atoms with Gasteiger partial charge in [0.25, 0.3) is 0 Å². The molecule has 3 heterocycles. The van der Waals surface area contributed by atoms with Gasteiger partial charge in [0.15, 0.2) is 18.6 Å². The van der Waals surface area contributed by atoms with Crippen molar-refractivity contribution in [3.05, 3.63) is 234 Å². The van der Waals surface area contributed by atoms with Crippen LogP contribution in [0.1, 0.15) is 163 Å². The predicted octanol–water partition coefficient (Wildman–Crippen LogP) is 19.9. The van der Waals surface area contributed by atoms with E-state index in [9.17, 15) is 1.37 Å². The van der Waals surface area contributed by atoms with E-state index in [0.717, 1.165) is 42.9 Å². The van der Waals surface area contributed by atoms with Crippen molar-refractivity contribution in [1.29, 1.82) is 0 Å². The minimum absolute atomic E-state index is 0.346. The van der Waals surface area contributed by atoms with Crippen molar-refractivity contribution in [2.45, 2.75) is 148 Å². The number of rotatable bonds is 9. The van der Waals surface area contributed by atoms with E-state index in [1.807, 2.05) is 0 Å². The highest BCUT2D eigenvalue weighted by Crippen LogP contribution is 2.55. The lowest BCUT2D eigenvalue weighted by atomic mass is 9.62. The number of pyridine rings is 3. The third-order valence-corrected chi connectivity index (χ3v) is 21.7. The van der Waals surface area contributed by atoms with Crippen molar-refractivity contribution in [2.24, 2.45) is 50.2 Å². The van der Waals surface area contributed by atoms with Crippen LogP contribution in [-0.2, 0) is 21.1 Å². The molecule has 4 bridgehead atoms. The minimum Gasteiger partial charge on any atom is -0.200 e. The molecule has 6 aliphatic carbocycles. The lowest BCUT2D eigenvalue weighted by Gasteiger charge is -2.43. The zero-order valence-corrected chi connectivity index (χ0v) is 51.8. The Morgan fingerprint density at radius 3 is 1.12 bits per heavy atom. The summed E-state index contributed by atoms with van der Waals surface area (Å²) in [6.45, 7) is 6.51. The molecule has 3 aromatic heterocycles. The fourth-order valence-corrected chi connectivity index (χ4v) is 16.7. The fraction of sp³-hybridized carbons (Fsp3) is 0.378. The first-order chi connectivity index (χ1) is 42.2. The summed E-state index contributed by atoms with van der Waals surface area (Å²) in [6, 6.07) is 66.2. The molecule has 0 aliphatic heterocycles. The van der Waals surface area contributed by atoms with Gasteiger partial charge in [-0.05, 0) is 231 Å². The Morgan fingerprint density at radius 2 is 0.741 bits per heavy atom. The van der Waals surface area contributed by atoms with Crippen LogP contribution in [0.5, 0.6) is 0 Å². The van der Waals surface area contributed by atoms with Crippen LogP contribution in [-0.4, -0.2) is 0 Å². The summed E-state index contributed by atoms with van der Waals surface area (Å²) in [5.74, 6) is 3.38. The highest BCUT2D eigenvalue weighted by Gasteiger charge is 2.41. The van der Waals surface area contributed by atoms with Gasteiger partial charge >= 0.3 is 0 Å². The fourth-order valence-electron chi connectivity index (χ4n) is 16.7. The normalized spacial score (nSPS) is 23.5. The van der Waals surface area contributed by atoms with E-state index >= 15 is 0 Å². The van der Waals surface area contributed by atoms with Crippen LogP contribution in [0.3, 0.4) is 0 Å². The maximum atomic E-state index is 9.21. The second-order valence-electron chi connectivity index (χ2n) is 27.0. The van der Waals surface area contributed by atoms with Crippen molar-refractivity contribution in [3.8, 4) is 67.2 Å². The van der Waals surface area contributed by atoms with Crippen LogP contribution >= 0.6 is 0 Å². The predicted molar refractivity (Wildman–Crippen MR) is 353 cm³/mol. The van der Waals surface area contributed by atoms with Gasteiger partial charge < -0.3 is 0 Å². The summed E-state index contributed by atoms with van der Waals surface area (Å²) in [6.07, 6.45) is 29.0. The Hall–Kier alpha value is -7.23. The van der Waals surface area contributed by atoms with E-state index in [4.69, 9.17) is 1.37 Å². The lowest BCUT2D eigenvalue weighted by Crippen LogP contribution is -2.30. The highest BCUT2D eigenvalue weighted by atomic mass is 14.9. The van der Waals surface area contributed by atoms with Crippen LogP contribution in [0.4, 0.5) is 0 Å². The molecule has 6 saturated carbocycles. The molecule has 6 unspecified atom stereocenters. The van der Waals surface area contributed by atoms with E-state index in [0.29, 0.717) is 11.3 Å². The van der Waals surface area contributed by atoms with E-state index in [-0.39, 0.29) is 5.89 Å². The number of fused-ring (bicyclic) bond motifs is 4. The number of hydrogen-bond donors (Lipinski definition) is 0. The Kier molecular flexibility index (Phi) is 16.0. The molecule has 6 aromatic carbocycles. The average molecular weight is 1120 g/mol. The smallest absolute Gasteiger partial charge is 0.200 e. The topological polar surface area (TPSA) is 11.6 Å². The van der Waals surface area contributed by atoms with Crippen molar-refractivity contribution in [3.63, 3.8) is 0 Å². The number of aromatic nitrogens is 3. The molecule has 6 fully saturated rings. The van der Waals surface area contributed by atoms with Gasteiger partial charge in [0, 0.05) is 54.3 Å². The Bertz CT molecular complexity index is 3880. The summed E-state index contributed by atoms with van der Waals surface area (Å²) in [5.41, 5.74) is 23.5. The summed E-state index contributed by atoms with van der Waals surface area (Å²) >= 11 is 0. The first-order valence-corrected chi connectivity index (χ1v) is 32.7. The molecular formula is C82H92N3+3. The van der Waals surface area contributed by atoms with Crippen LogP contribution in [0, 0.1) is 49.9 Å². The second-order valence-corrected chi connectivity index (χ2v) is 27.0. The van der Waals surface area contributed by atoms with Gasteiger partial charge in [-0.2, -0.15) is 0 Å². The summed E-state index contributed by atoms with van der Waals surface area (Å²) < 4.78 is 25.0. The molecule has 0 saturated heterocycles. The molecular weight excluding hydrogens is 1030 g/mol. The number of nitrogens with zero attached hydrogens (tertiary/aromatic N) is 3. The molecule has 432 valence electrons. The third kappa shape index (κ3) is 12.3. The van der Waals surface area contributed by atoms with E-state index in [1.54, 1.807) is 5.56 Å². The molecule has 6 aliphatic rings. The summed E-state index contributed by atoms with van der Waals surface area (Å²) in [5, 5.41) is 0. The van der Waals surface area contributed by atoms with Gasteiger partial charge in [0.05, 0.1) is 0 Å². The first kappa shape index (κ1) is 54.4. The number of aryl methyl sites for hydroxylation is 6. The van der Waals surface area contributed by atoms with Gasteiger partial charge in [-0.1, -0.05) is 159 Å². The van der Waals surface area contributed by atoms with Gasteiger partial charge in [-0.25, -0.2) is 13.7 Å². The Labute approximate surface area is 512 Å². The van der Waals surface area contributed by atoms with Crippen molar-refractivity contribution in [1.82, 2.24) is 0 Å². The maximum Gasteiger partial charge on any atom is 0.212 e. The quantitative estimate of drug-likeness (QED) is 0.128. The third-order valence-electron chi connectivity index (χ3n) is 21.7. The van der Waals surface area contributed by atoms with Crippen molar-refractivity contribution < 1.29 is 16.4 Å². The number of benzene rings is 6. The van der Waals surface area contributed by atoms with Crippen molar-refractivity contribution in [2.75, 3.05) is 0 Å². The first-order valence-electron chi connectivity index (χ1n) is 33.7. The number of hydrogen-bond acceptors (Lipinski definition) is 0. The van der Waals surface area contributed by atoms with Gasteiger partial charge in [0.1, 0.15) is 21.1 Å². The SMILES string of the molecule is Cc1ccccc1-c1ccc(-c2ccc(C3CC4CCC3C4)cc2)c[n+]1C.[2H]C1(c2ccc(-c3ccc(-c4ccccc4C)[n+](C)c3)cc2)CC2CCC1C2.[2H]C1(c2ccc(-c3ccc(-c4ccccc4C)[n+](C)c3)cc2)CCC2(CCCCC2)CC1. The van der Waals surface area contributed by atoms with Crippen LogP contribution in [0.15, 0.2) is 201 Å². The molecule has 0 radical (unpaired) electrons. The molecule has 3 nitrogen and oxygen atoms in total. The lowest BCUT2D eigenvalue weighted by molar-refractivity contribution is -0.660. The second kappa shape index (κ2) is 25.0. The Balaban J connectivity index is 0.000000121. The van der Waals surface area contributed by atoms with Gasteiger partial charge in [0.2, 0.25) is 17.1 Å². The van der Waals surface area contributed by atoms with E-state index in [1.165, 1.54) is 185 Å². The van der Waals surface area contributed by atoms with Crippen LogP contribution in [0.2, 0.25) is 0 Å². The molecule has 15 rings (SSSR count). The largest absolute Gasteiger partial charge is 0.212 e. The molecule has 85 heavy (non-hydrogen) atoms. The van der Waals surface area contributed by atoms with E-state index in [2.05, 4.69) is 256 Å². The van der Waals surface area contributed by atoms with Crippen LogP contribution in [0.25, 0.3) is 67.2 Å². The van der Waals surface area contributed by atoms with Crippen molar-refractivity contribution >= 4 is 0 Å².